The molecule has 0 fully saturated rings. The van der Waals surface area contributed by atoms with Crippen molar-refractivity contribution in [2.45, 2.75) is 25.9 Å². The molecule has 0 bridgehead atoms. The van der Waals surface area contributed by atoms with E-state index in [-0.39, 0.29) is 43.3 Å². The highest BCUT2D eigenvalue weighted by Gasteiger charge is 2.14. The van der Waals surface area contributed by atoms with E-state index >= 15 is 0 Å². The maximum absolute atomic E-state index is 12.1. The first kappa shape index (κ1) is 20.4. The second kappa shape index (κ2) is 9.03. The summed E-state index contributed by atoms with van der Waals surface area (Å²) in [5.41, 5.74) is 6.97. The van der Waals surface area contributed by atoms with Gasteiger partial charge in [-0.25, -0.2) is 4.98 Å². The highest BCUT2D eigenvalue weighted by molar-refractivity contribution is 7.18. The van der Waals surface area contributed by atoms with Crippen molar-refractivity contribution >= 4 is 52.3 Å². The van der Waals surface area contributed by atoms with Gasteiger partial charge >= 0.3 is 0 Å². The summed E-state index contributed by atoms with van der Waals surface area (Å²) in [4.78, 5) is 16.7. The molecule has 1 amide bonds. The van der Waals surface area contributed by atoms with Gasteiger partial charge in [-0.2, -0.15) is 0 Å². The SMILES string of the molecule is CC(Cc1nc2ccccc2s1)NC(=O)c1coc(CN)c1.Cl.Cl. The summed E-state index contributed by atoms with van der Waals surface area (Å²) in [6.07, 6.45) is 2.13. The molecule has 0 spiro atoms. The van der Waals surface area contributed by atoms with E-state index in [0.717, 1.165) is 10.5 Å². The van der Waals surface area contributed by atoms with Crippen molar-refractivity contribution in [3.63, 3.8) is 0 Å². The van der Waals surface area contributed by atoms with Crippen LogP contribution in [-0.2, 0) is 13.0 Å². The average molecular weight is 388 g/mol. The van der Waals surface area contributed by atoms with Gasteiger partial charge in [-0.05, 0) is 25.1 Å². The predicted octanol–water partition coefficient (Wildman–Crippen LogP) is 3.55. The Bertz CT molecular complexity index is 770. The fourth-order valence-corrected chi connectivity index (χ4v) is 3.33. The maximum atomic E-state index is 12.1. The average Bonchev–Trinajstić information content (AvgIpc) is 3.12. The Balaban J connectivity index is 0.00000144. The summed E-state index contributed by atoms with van der Waals surface area (Å²) < 4.78 is 6.34. The highest BCUT2D eigenvalue weighted by atomic mass is 35.5. The fourth-order valence-electron chi connectivity index (χ4n) is 2.23. The van der Waals surface area contributed by atoms with Crippen molar-refractivity contribution in [1.29, 1.82) is 0 Å². The first-order valence-electron chi connectivity index (χ1n) is 7.08. The van der Waals surface area contributed by atoms with Crippen LogP contribution in [0.25, 0.3) is 10.2 Å². The van der Waals surface area contributed by atoms with Crippen LogP contribution in [0.2, 0.25) is 0 Å². The van der Waals surface area contributed by atoms with Gasteiger partial charge in [0.15, 0.2) is 0 Å². The molecule has 130 valence electrons. The van der Waals surface area contributed by atoms with Crippen molar-refractivity contribution in [2.24, 2.45) is 5.73 Å². The summed E-state index contributed by atoms with van der Waals surface area (Å²) in [6.45, 7) is 2.25. The quantitative estimate of drug-likeness (QED) is 0.701. The number of aromatic nitrogens is 1. The minimum Gasteiger partial charge on any atom is -0.467 e. The van der Waals surface area contributed by atoms with Crippen molar-refractivity contribution in [3.8, 4) is 0 Å². The molecule has 1 aromatic carbocycles. The third-order valence-electron chi connectivity index (χ3n) is 3.31. The first-order chi connectivity index (χ1) is 10.7. The summed E-state index contributed by atoms with van der Waals surface area (Å²) in [5, 5.41) is 3.97. The summed E-state index contributed by atoms with van der Waals surface area (Å²) in [6, 6.07) is 9.69. The van der Waals surface area contributed by atoms with Crippen LogP contribution >= 0.6 is 36.2 Å². The van der Waals surface area contributed by atoms with E-state index < -0.39 is 0 Å². The molecule has 3 rings (SSSR count). The molecule has 0 radical (unpaired) electrons. The second-order valence-electron chi connectivity index (χ2n) is 5.16. The Morgan fingerprint density at radius 3 is 2.79 bits per heavy atom. The molecule has 5 nitrogen and oxygen atoms in total. The first-order valence-corrected chi connectivity index (χ1v) is 7.90. The van der Waals surface area contributed by atoms with Crippen LogP contribution in [0.3, 0.4) is 0 Å². The number of amides is 1. The Hall–Kier alpha value is -1.60. The molecule has 1 atom stereocenters. The van der Waals surface area contributed by atoms with Crippen LogP contribution in [0.4, 0.5) is 0 Å². The van der Waals surface area contributed by atoms with E-state index in [1.807, 2.05) is 25.1 Å². The lowest BCUT2D eigenvalue weighted by molar-refractivity contribution is 0.0939. The summed E-state index contributed by atoms with van der Waals surface area (Å²) in [5.74, 6) is 0.445. The zero-order valence-electron chi connectivity index (χ0n) is 13.0. The molecular weight excluding hydrogens is 369 g/mol. The molecule has 3 N–H and O–H groups in total. The zero-order valence-corrected chi connectivity index (χ0v) is 15.5. The van der Waals surface area contributed by atoms with Crippen LogP contribution in [0.15, 0.2) is 41.0 Å². The molecule has 1 unspecified atom stereocenters. The van der Waals surface area contributed by atoms with Crippen LogP contribution in [-0.4, -0.2) is 16.9 Å². The van der Waals surface area contributed by atoms with Gasteiger partial charge in [-0.15, -0.1) is 36.2 Å². The maximum Gasteiger partial charge on any atom is 0.254 e. The molecular formula is C16H19Cl2N3O2S. The number of carbonyl (C=O) groups is 1. The van der Waals surface area contributed by atoms with E-state index in [1.165, 1.54) is 11.0 Å². The van der Waals surface area contributed by atoms with Crippen molar-refractivity contribution < 1.29 is 9.21 Å². The number of hydrogen-bond donors (Lipinski definition) is 2. The molecule has 8 heteroatoms. The molecule has 0 saturated carbocycles. The van der Waals surface area contributed by atoms with Gasteiger partial charge in [0.2, 0.25) is 0 Å². The van der Waals surface area contributed by atoms with E-state index in [0.29, 0.717) is 17.7 Å². The third-order valence-corrected chi connectivity index (χ3v) is 4.37. The van der Waals surface area contributed by atoms with Crippen LogP contribution in [0.1, 0.15) is 28.0 Å². The summed E-state index contributed by atoms with van der Waals surface area (Å²) in [7, 11) is 0. The second-order valence-corrected chi connectivity index (χ2v) is 6.27. The number of nitrogens with two attached hydrogens (primary N) is 1. The number of benzene rings is 1. The minimum absolute atomic E-state index is 0. The monoisotopic (exact) mass is 387 g/mol. The van der Waals surface area contributed by atoms with Gasteiger partial charge < -0.3 is 15.5 Å². The molecule has 0 saturated heterocycles. The minimum atomic E-state index is -0.155. The Morgan fingerprint density at radius 2 is 2.12 bits per heavy atom. The van der Waals surface area contributed by atoms with E-state index in [2.05, 4.69) is 16.4 Å². The number of rotatable bonds is 5. The molecule has 24 heavy (non-hydrogen) atoms. The van der Waals surface area contributed by atoms with Gasteiger partial charge in [0.05, 0.1) is 27.3 Å². The van der Waals surface area contributed by atoms with E-state index in [9.17, 15) is 4.79 Å². The topological polar surface area (TPSA) is 81.2 Å². The number of para-hydroxylation sites is 1. The lowest BCUT2D eigenvalue weighted by Gasteiger charge is -2.11. The molecule has 0 aliphatic heterocycles. The van der Waals surface area contributed by atoms with Crippen LogP contribution < -0.4 is 11.1 Å². The Morgan fingerprint density at radius 1 is 1.38 bits per heavy atom. The third kappa shape index (κ3) is 4.70. The highest BCUT2D eigenvalue weighted by Crippen LogP contribution is 2.22. The van der Waals surface area contributed by atoms with E-state index in [4.69, 9.17) is 10.2 Å². The number of hydrogen-bond acceptors (Lipinski definition) is 5. The Labute approximate surface area is 156 Å². The van der Waals surface area contributed by atoms with Crippen molar-refractivity contribution in [3.05, 3.63) is 52.9 Å². The normalized spacial score (nSPS) is 11.4. The zero-order chi connectivity index (χ0) is 15.5. The van der Waals surface area contributed by atoms with Crippen LogP contribution in [0.5, 0.6) is 0 Å². The smallest absolute Gasteiger partial charge is 0.254 e. The molecule has 2 aromatic heterocycles. The molecule has 2 heterocycles. The fraction of sp³-hybridized carbons (Fsp3) is 0.250. The molecule has 0 aliphatic rings. The van der Waals surface area contributed by atoms with Crippen molar-refractivity contribution in [2.75, 3.05) is 0 Å². The Kier molecular flexibility index (Phi) is 7.69. The van der Waals surface area contributed by atoms with Gasteiger partial charge in [-0.1, -0.05) is 12.1 Å². The lowest BCUT2D eigenvalue weighted by atomic mass is 10.2. The van der Waals surface area contributed by atoms with Gasteiger partial charge in [0.1, 0.15) is 12.0 Å². The number of furan rings is 1. The molecule has 0 aliphatic carbocycles. The van der Waals surface area contributed by atoms with Gasteiger partial charge in [-0.3, -0.25) is 4.79 Å². The predicted molar refractivity (Wildman–Crippen MR) is 101 cm³/mol. The van der Waals surface area contributed by atoms with E-state index in [1.54, 1.807) is 17.4 Å². The number of carbonyl (C=O) groups excluding carboxylic acids is 1. The van der Waals surface area contributed by atoms with Gasteiger partial charge in [0, 0.05) is 12.5 Å². The number of nitrogens with zero attached hydrogens (tertiary/aromatic N) is 1. The van der Waals surface area contributed by atoms with Crippen molar-refractivity contribution in [1.82, 2.24) is 10.3 Å². The standard InChI is InChI=1S/C16H17N3O2S.2ClH/c1-10(18-16(20)11-7-12(8-17)21-9-11)6-15-19-13-4-2-3-5-14(13)22-15;;/h2-5,7,9-10H,6,8,17H2,1H3,(H,18,20);2*1H. The number of fused-ring (bicyclic) bond motifs is 1. The summed E-state index contributed by atoms with van der Waals surface area (Å²) >= 11 is 1.66. The lowest BCUT2D eigenvalue weighted by Crippen LogP contribution is -2.33. The van der Waals surface area contributed by atoms with Gasteiger partial charge in [0.25, 0.3) is 5.91 Å². The number of thiazole rings is 1. The molecule has 3 aromatic rings. The largest absolute Gasteiger partial charge is 0.467 e. The number of nitrogens with one attached hydrogen (secondary N) is 1. The van der Waals surface area contributed by atoms with Crippen LogP contribution in [0, 0.1) is 0 Å². The number of halogens is 2.